The number of aryl methyl sites for hydroxylation is 1. The molecule has 4 nitrogen and oxygen atoms in total. The van der Waals surface area contributed by atoms with Crippen LogP contribution >= 0.6 is 15.9 Å². The summed E-state index contributed by atoms with van der Waals surface area (Å²) < 4.78 is 14.9. The maximum atomic E-state index is 6.27. The summed E-state index contributed by atoms with van der Waals surface area (Å²) in [5, 5.41) is 4.48. The van der Waals surface area contributed by atoms with Gasteiger partial charge in [-0.1, -0.05) is 0 Å². The van der Waals surface area contributed by atoms with Gasteiger partial charge in [0.1, 0.15) is 4.60 Å². The Morgan fingerprint density at radius 1 is 1.47 bits per heavy atom. The van der Waals surface area contributed by atoms with E-state index in [4.69, 9.17) is 9.47 Å². The fourth-order valence-electron chi connectivity index (χ4n) is 2.84. The molecule has 0 aromatic carbocycles. The molecule has 1 aromatic rings. The molecule has 5 heteroatoms. The molecule has 106 valence electrons. The monoisotopic (exact) mass is 328 g/mol. The molecule has 1 saturated heterocycles. The van der Waals surface area contributed by atoms with E-state index in [1.807, 2.05) is 4.68 Å². The van der Waals surface area contributed by atoms with Gasteiger partial charge >= 0.3 is 0 Å². The lowest BCUT2D eigenvalue weighted by molar-refractivity contribution is -0.251. The number of hydrogen-bond acceptors (Lipinski definition) is 3. The highest BCUT2D eigenvalue weighted by Gasteiger charge is 2.41. The maximum Gasteiger partial charge on any atom is 0.158 e. The SMILES string of the molecule is Cc1cn(CC2(OC3CCCCO3)CCC2)nc1Br. The lowest BCUT2D eigenvalue weighted by atomic mass is 9.80. The third-order valence-electron chi connectivity index (χ3n) is 4.12. The summed E-state index contributed by atoms with van der Waals surface area (Å²) in [7, 11) is 0. The zero-order valence-electron chi connectivity index (χ0n) is 11.4. The molecular formula is C14H21BrN2O2. The van der Waals surface area contributed by atoms with Crippen molar-refractivity contribution in [1.82, 2.24) is 9.78 Å². The summed E-state index contributed by atoms with van der Waals surface area (Å²) in [6.07, 6.45) is 8.96. The molecule has 0 radical (unpaired) electrons. The van der Waals surface area contributed by atoms with E-state index in [1.54, 1.807) is 0 Å². The summed E-state index contributed by atoms with van der Waals surface area (Å²) >= 11 is 3.46. The standard InChI is InChI=1S/C14H21BrN2O2/c1-11-9-17(16-13(11)15)10-14(6-4-7-14)19-12-5-2-3-8-18-12/h9,12H,2-8,10H2,1H3. The lowest BCUT2D eigenvalue weighted by Crippen LogP contribution is -2.47. The molecule has 0 amide bonds. The van der Waals surface area contributed by atoms with Gasteiger partial charge in [0.05, 0.1) is 12.1 Å². The minimum absolute atomic E-state index is 0.00542. The molecule has 19 heavy (non-hydrogen) atoms. The van der Waals surface area contributed by atoms with Crippen molar-refractivity contribution in [3.63, 3.8) is 0 Å². The van der Waals surface area contributed by atoms with Crippen LogP contribution in [0.1, 0.15) is 44.1 Å². The van der Waals surface area contributed by atoms with Crippen LogP contribution in [-0.4, -0.2) is 28.3 Å². The Hall–Kier alpha value is -0.390. The van der Waals surface area contributed by atoms with E-state index in [0.717, 1.165) is 43.4 Å². The average Bonchev–Trinajstić information content (AvgIpc) is 2.67. The first-order valence-corrected chi connectivity index (χ1v) is 7.95. The van der Waals surface area contributed by atoms with E-state index in [2.05, 4.69) is 34.1 Å². The predicted molar refractivity (Wildman–Crippen MR) is 75.9 cm³/mol. The Bertz CT molecular complexity index is 417. The average molecular weight is 329 g/mol. The van der Waals surface area contributed by atoms with Crippen LogP contribution in [0.3, 0.4) is 0 Å². The van der Waals surface area contributed by atoms with Crippen molar-refractivity contribution in [1.29, 1.82) is 0 Å². The number of halogens is 1. The number of hydrogen-bond donors (Lipinski definition) is 0. The van der Waals surface area contributed by atoms with Crippen molar-refractivity contribution in [3.05, 3.63) is 16.4 Å². The number of rotatable bonds is 4. The van der Waals surface area contributed by atoms with Gasteiger partial charge in [-0.2, -0.15) is 5.10 Å². The maximum absolute atomic E-state index is 6.27. The fraction of sp³-hybridized carbons (Fsp3) is 0.786. The molecule has 1 saturated carbocycles. The highest BCUT2D eigenvalue weighted by atomic mass is 79.9. The molecule has 1 aromatic heterocycles. The van der Waals surface area contributed by atoms with Crippen molar-refractivity contribution < 1.29 is 9.47 Å². The normalized spacial score (nSPS) is 26.1. The summed E-state index contributed by atoms with van der Waals surface area (Å²) in [5.74, 6) is 0. The Morgan fingerprint density at radius 2 is 2.32 bits per heavy atom. The zero-order chi connectivity index (χ0) is 13.3. The third-order valence-corrected chi connectivity index (χ3v) is 4.90. The molecule has 0 spiro atoms. The lowest BCUT2D eigenvalue weighted by Gasteiger charge is -2.44. The van der Waals surface area contributed by atoms with Gasteiger partial charge in [0.2, 0.25) is 0 Å². The van der Waals surface area contributed by atoms with Crippen molar-refractivity contribution >= 4 is 15.9 Å². The molecule has 1 aliphatic heterocycles. The van der Waals surface area contributed by atoms with Gasteiger partial charge in [-0.05, 0) is 61.4 Å². The van der Waals surface area contributed by atoms with Crippen molar-refractivity contribution in [2.24, 2.45) is 0 Å². The van der Waals surface area contributed by atoms with Gasteiger partial charge in [-0.3, -0.25) is 4.68 Å². The molecule has 2 aliphatic rings. The quantitative estimate of drug-likeness (QED) is 0.849. The van der Waals surface area contributed by atoms with Crippen LogP contribution in [0, 0.1) is 6.92 Å². The first kappa shape index (κ1) is 13.6. The van der Waals surface area contributed by atoms with Gasteiger partial charge in [0.25, 0.3) is 0 Å². The predicted octanol–water partition coefficient (Wildman–Crippen LogP) is 3.42. The molecule has 0 N–H and O–H groups in total. The Balaban J connectivity index is 1.65. The number of aromatic nitrogens is 2. The number of ether oxygens (including phenoxy) is 2. The highest BCUT2D eigenvalue weighted by Crippen LogP contribution is 2.39. The largest absolute Gasteiger partial charge is 0.353 e. The van der Waals surface area contributed by atoms with Gasteiger partial charge in [0.15, 0.2) is 6.29 Å². The van der Waals surface area contributed by atoms with E-state index < -0.39 is 0 Å². The zero-order valence-corrected chi connectivity index (χ0v) is 13.0. The Kier molecular flexibility index (Phi) is 3.96. The molecular weight excluding hydrogens is 308 g/mol. The van der Waals surface area contributed by atoms with Crippen molar-refractivity contribution in [2.45, 2.75) is 63.9 Å². The summed E-state index contributed by atoms with van der Waals surface area (Å²) in [6, 6.07) is 0. The second-order valence-corrected chi connectivity index (χ2v) is 6.50. The summed E-state index contributed by atoms with van der Waals surface area (Å²) in [4.78, 5) is 0. The number of nitrogens with zero attached hydrogens (tertiary/aromatic N) is 2. The van der Waals surface area contributed by atoms with Crippen molar-refractivity contribution in [2.75, 3.05) is 6.61 Å². The van der Waals surface area contributed by atoms with Gasteiger partial charge in [0, 0.05) is 18.4 Å². The first-order chi connectivity index (χ1) is 9.17. The molecule has 1 atom stereocenters. The van der Waals surface area contributed by atoms with Crippen LogP contribution in [0.15, 0.2) is 10.8 Å². The van der Waals surface area contributed by atoms with Crippen LogP contribution < -0.4 is 0 Å². The smallest absolute Gasteiger partial charge is 0.158 e. The van der Waals surface area contributed by atoms with Crippen LogP contribution in [0.2, 0.25) is 0 Å². The van der Waals surface area contributed by atoms with E-state index >= 15 is 0 Å². The minimum atomic E-state index is -0.0556. The van der Waals surface area contributed by atoms with Crippen LogP contribution in [0.4, 0.5) is 0 Å². The van der Waals surface area contributed by atoms with E-state index in [-0.39, 0.29) is 11.9 Å². The molecule has 0 bridgehead atoms. The minimum Gasteiger partial charge on any atom is -0.353 e. The summed E-state index contributed by atoms with van der Waals surface area (Å²) in [6.45, 7) is 3.73. The molecule has 1 aliphatic carbocycles. The second-order valence-electron chi connectivity index (χ2n) is 5.75. The molecule has 1 unspecified atom stereocenters. The first-order valence-electron chi connectivity index (χ1n) is 7.16. The topological polar surface area (TPSA) is 36.3 Å². The van der Waals surface area contributed by atoms with Crippen LogP contribution in [-0.2, 0) is 16.0 Å². The second kappa shape index (κ2) is 5.54. The summed E-state index contributed by atoms with van der Waals surface area (Å²) in [5.41, 5.74) is 1.11. The highest BCUT2D eigenvalue weighted by molar-refractivity contribution is 9.10. The van der Waals surface area contributed by atoms with Crippen molar-refractivity contribution in [3.8, 4) is 0 Å². The van der Waals surface area contributed by atoms with Crippen LogP contribution in [0.25, 0.3) is 0 Å². The Morgan fingerprint density at radius 3 is 2.84 bits per heavy atom. The van der Waals surface area contributed by atoms with E-state index in [0.29, 0.717) is 0 Å². The van der Waals surface area contributed by atoms with E-state index in [9.17, 15) is 0 Å². The van der Waals surface area contributed by atoms with Gasteiger partial charge < -0.3 is 9.47 Å². The van der Waals surface area contributed by atoms with Crippen LogP contribution in [0.5, 0.6) is 0 Å². The van der Waals surface area contributed by atoms with E-state index in [1.165, 1.54) is 18.4 Å². The fourth-order valence-corrected chi connectivity index (χ4v) is 3.15. The molecule has 2 fully saturated rings. The van der Waals surface area contributed by atoms with Gasteiger partial charge in [-0.15, -0.1) is 0 Å². The third kappa shape index (κ3) is 3.03. The van der Waals surface area contributed by atoms with Gasteiger partial charge in [-0.25, -0.2) is 0 Å². The molecule has 3 rings (SSSR count). The molecule has 2 heterocycles. The Labute approximate surface area is 122 Å².